The highest BCUT2D eigenvalue weighted by Gasteiger charge is 2.19. The Balaban J connectivity index is 1.70. The first-order chi connectivity index (χ1) is 12.8. The lowest BCUT2D eigenvalue weighted by molar-refractivity contribution is -0.119. The molecule has 0 radical (unpaired) electrons. The van der Waals surface area contributed by atoms with Gasteiger partial charge in [0, 0.05) is 18.0 Å². The van der Waals surface area contributed by atoms with E-state index in [4.69, 9.17) is 5.11 Å². The molecular formula is C19H21N5O3. The smallest absolute Gasteiger partial charge is 0.338 e. The second kappa shape index (κ2) is 7.45. The van der Waals surface area contributed by atoms with Gasteiger partial charge in [-0.3, -0.25) is 14.2 Å². The van der Waals surface area contributed by atoms with E-state index in [1.807, 2.05) is 36.7 Å². The molecule has 2 N–H and O–H groups in total. The lowest BCUT2D eigenvalue weighted by atomic mass is 10.1. The Labute approximate surface area is 156 Å². The van der Waals surface area contributed by atoms with Crippen molar-refractivity contribution in [3.05, 3.63) is 65.1 Å². The number of carbonyl (C=O) groups is 2. The number of nitrogens with zero attached hydrogens (tertiary/aromatic N) is 4. The average molecular weight is 367 g/mol. The van der Waals surface area contributed by atoms with E-state index < -0.39 is 12.0 Å². The Morgan fingerprint density at radius 1 is 1.26 bits per heavy atom. The summed E-state index contributed by atoms with van der Waals surface area (Å²) in [7, 11) is 0. The van der Waals surface area contributed by atoms with E-state index in [2.05, 4.69) is 21.6 Å². The molecule has 0 aliphatic carbocycles. The van der Waals surface area contributed by atoms with Crippen molar-refractivity contribution >= 4 is 17.7 Å². The molecule has 8 nitrogen and oxygen atoms in total. The molecule has 8 heteroatoms. The molecule has 3 aromatic rings. The summed E-state index contributed by atoms with van der Waals surface area (Å²) in [6, 6.07) is 9.30. The minimum atomic E-state index is -1.08. The molecule has 2 aromatic heterocycles. The van der Waals surface area contributed by atoms with E-state index in [-0.39, 0.29) is 11.5 Å². The Kier molecular flexibility index (Phi) is 5.07. The van der Waals surface area contributed by atoms with Crippen molar-refractivity contribution in [3.63, 3.8) is 0 Å². The van der Waals surface area contributed by atoms with Crippen molar-refractivity contribution in [2.75, 3.05) is 5.32 Å². The van der Waals surface area contributed by atoms with Gasteiger partial charge in [-0.1, -0.05) is 29.8 Å². The van der Waals surface area contributed by atoms with Crippen LogP contribution < -0.4 is 5.32 Å². The molecule has 1 atom stereocenters. The van der Waals surface area contributed by atoms with Crippen LogP contribution in [0.5, 0.6) is 0 Å². The first kappa shape index (κ1) is 18.4. The van der Waals surface area contributed by atoms with Gasteiger partial charge in [0.1, 0.15) is 6.04 Å². The number of aromatic nitrogens is 4. The maximum atomic E-state index is 12.4. The highest BCUT2D eigenvalue weighted by molar-refractivity contribution is 5.93. The highest BCUT2D eigenvalue weighted by atomic mass is 16.4. The first-order valence-corrected chi connectivity index (χ1v) is 8.52. The Morgan fingerprint density at radius 3 is 2.70 bits per heavy atom. The van der Waals surface area contributed by atoms with Crippen LogP contribution in [0.2, 0.25) is 0 Å². The molecule has 0 saturated carbocycles. The average Bonchev–Trinajstić information content (AvgIpc) is 3.22. The number of aryl methyl sites for hydroxylation is 2. The molecule has 0 aliphatic rings. The summed E-state index contributed by atoms with van der Waals surface area (Å²) < 4.78 is 3.14. The molecule has 27 heavy (non-hydrogen) atoms. The van der Waals surface area contributed by atoms with Gasteiger partial charge in [-0.15, -0.1) is 0 Å². The third-order valence-corrected chi connectivity index (χ3v) is 4.27. The van der Waals surface area contributed by atoms with Crippen molar-refractivity contribution in [2.45, 2.75) is 33.4 Å². The molecule has 140 valence electrons. The SMILES string of the molecule is Cc1cccc(Cn2nc(NC(=O)C(C)n3cc(C(=O)O)cn3)cc2C)c1. The summed E-state index contributed by atoms with van der Waals surface area (Å²) in [4.78, 5) is 23.4. The molecule has 2 heterocycles. The number of carboxylic acids is 1. The summed E-state index contributed by atoms with van der Waals surface area (Å²) in [5.74, 6) is -0.961. The summed E-state index contributed by atoms with van der Waals surface area (Å²) in [6.07, 6.45) is 2.54. The van der Waals surface area contributed by atoms with Crippen LogP contribution in [-0.4, -0.2) is 36.5 Å². The number of nitrogens with one attached hydrogen (secondary N) is 1. The highest BCUT2D eigenvalue weighted by Crippen LogP contribution is 2.15. The molecule has 1 unspecified atom stereocenters. The van der Waals surface area contributed by atoms with Gasteiger partial charge in [0.05, 0.1) is 18.3 Å². The minimum absolute atomic E-state index is 0.0351. The van der Waals surface area contributed by atoms with E-state index in [1.54, 1.807) is 13.0 Å². The Morgan fingerprint density at radius 2 is 2.04 bits per heavy atom. The van der Waals surface area contributed by atoms with Gasteiger partial charge < -0.3 is 10.4 Å². The van der Waals surface area contributed by atoms with Gasteiger partial charge in [0.15, 0.2) is 5.82 Å². The molecular weight excluding hydrogens is 346 g/mol. The second-order valence-corrected chi connectivity index (χ2v) is 6.50. The van der Waals surface area contributed by atoms with Crippen LogP contribution in [0, 0.1) is 13.8 Å². The summed E-state index contributed by atoms with van der Waals surface area (Å²) in [6.45, 7) is 6.22. The lowest BCUT2D eigenvalue weighted by Crippen LogP contribution is -2.24. The van der Waals surface area contributed by atoms with E-state index >= 15 is 0 Å². The molecule has 0 fully saturated rings. The minimum Gasteiger partial charge on any atom is -0.478 e. The molecule has 0 spiro atoms. The van der Waals surface area contributed by atoms with Gasteiger partial charge in [-0.05, 0) is 26.3 Å². The lowest BCUT2D eigenvalue weighted by Gasteiger charge is -2.11. The van der Waals surface area contributed by atoms with Crippen LogP contribution in [-0.2, 0) is 11.3 Å². The Hall–Kier alpha value is -3.42. The quantitative estimate of drug-likeness (QED) is 0.697. The molecule has 0 saturated heterocycles. The topological polar surface area (TPSA) is 102 Å². The number of hydrogen-bond donors (Lipinski definition) is 2. The molecule has 1 amide bonds. The fourth-order valence-corrected chi connectivity index (χ4v) is 2.73. The molecule has 1 aromatic carbocycles. The van der Waals surface area contributed by atoms with Gasteiger partial charge in [0.25, 0.3) is 0 Å². The molecule has 0 bridgehead atoms. The predicted molar refractivity (Wildman–Crippen MR) is 99.8 cm³/mol. The van der Waals surface area contributed by atoms with Gasteiger partial charge in [-0.2, -0.15) is 10.2 Å². The van der Waals surface area contributed by atoms with Gasteiger partial charge in [-0.25, -0.2) is 4.79 Å². The number of amides is 1. The third-order valence-electron chi connectivity index (χ3n) is 4.27. The van der Waals surface area contributed by atoms with Crippen LogP contribution in [0.4, 0.5) is 5.82 Å². The van der Waals surface area contributed by atoms with E-state index in [9.17, 15) is 9.59 Å². The van der Waals surface area contributed by atoms with Crippen molar-refractivity contribution in [2.24, 2.45) is 0 Å². The van der Waals surface area contributed by atoms with Gasteiger partial charge >= 0.3 is 5.97 Å². The van der Waals surface area contributed by atoms with Crippen molar-refractivity contribution in [1.29, 1.82) is 0 Å². The maximum absolute atomic E-state index is 12.4. The van der Waals surface area contributed by atoms with Gasteiger partial charge in [0.2, 0.25) is 5.91 Å². The number of hydrogen-bond acceptors (Lipinski definition) is 4. The summed E-state index contributed by atoms with van der Waals surface area (Å²) in [5, 5.41) is 20.1. The van der Waals surface area contributed by atoms with E-state index in [0.29, 0.717) is 12.4 Å². The zero-order chi connectivity index (χ0) is 19.6. The van der Waals surface area contributed by atoms with Crippen molar-refractivity contribution in [1.82, 2.24) is 19.6 Å². The maximum Gasteiger partial charge on any atom is 0.338 e. The number of benzene rings is 1. The van der Waals surface area contributed by atoms with Crippen molar-refractivity contribution in [3.8, 4) is 0 Å². The first-order valence-electron chi connectivity index (χ1n) is 8.52. The van der Waals surface area contributed by atoms with Crippen LogP contribution in [0.1, 0.15) is 40.1 Å². The van der Waals surface area contributed by atoms with Crippen LogP contribution >= 0.6 is 0 Å². The normalized spacial score (nSPS) is 12.0. The monoisotopic (exact) mass is 367 g/mol. The number of rotatable bonds is 6. The number of carboxylic acid groups (broad SMARTS) is 1. The van der Waals surface area contributed by atoms with Crippen molar-refractivity contribution < 1.29 is 14.7 Å². The summed E-state index contributed by atoms with van der Waals surface area (Å²) in [5.41, 5.74) is 3.27. The van der Waals surface area contributed by atoms with E-state index in [0.717, 1.165) is 11.3 Å². The van der Waals surface area contributed by atoms with Crippen LogP contribution in [0.15, 0.2) is 42.7 Å². The largest absolute Gasteiger partial charge is 0.478 e. The number of aromatic carboxylic acids is 1. The van der Waals surface area contributed by atoms with Crippen LogP contribution in [0.3, 0.4) is 0 Å². The fourth-order valence-electron chi connectivity index (χ4n) is 2.73. The van der Waals surface area contributed by atoms with Crippen LogP contribution in [0.25, 0.3) is 0 Å². The molecule has 0 aliphatic heterocycles. The molecule has 3 rings (SSSR count). The number of carbonyl (C=O) groups excluding carboxylic acids is 1. The zero-order valence-electron chi connectivity index (χ0n) is 15.4. The Bertz CT molecular complexity index is 989. The fraction of sp³-hybridized carbons (Fsp3) is 0.263. The third kappa shape index (κ3) is 4.22. The standard InChI is InChI=1S/C19H21N5O3/c1-12-5-4-6-15(7-12)10-23-13(2)8-17(22-23)21-18(25)14(3)24-11-16(9-20-24)19(26)27/h4-9,11,14H,10H2,1-3H3,(H,26,27)(H,21,22,25). The van der Waals surface area contributed by atoms with E-state index in [1.165, 1.54) is 22.6 Å². The number of anilines is 1. The summed E-state index contributed by atoms with van der Waals surface area (Å²) >= 11 is 0. The zero-order valence-corrected chi connectivity index (χ0v) is 15.4. The predicted octanol–water partition coefficient (Wildman–Crippen LogP) is 2.64. The second-order valence-electron chi connectivity index (χ2n) is 6.50.